The zero-order chi connectivity index (χ0) is 27.9. The van der Waals surface area contributed by atoms with Crippen LogP contribution in [0.4, 0.5) is 35.3 Å². The second-order valence-electron chi connectivity index (χ2n) is 9.19. The lowest BCUT2D eigenvalue weighted by Gasteiger charge is -2.33. The van der Waals surface area contributed by atoms with Crippen LogP contribution in [0.3, 0.4) is 0 Å². The number of urea groups is 1. The van der Waals surface area contributed by atoms with Gasteiger partial charge in [0.15, 0.2) is 11.6 Å². The Balaban J connectivity index is 1.38. The minimum Gasteiger partial charge on any atom is -0.382 e. The fraction of sp³-hybridized carbons (Fsp3) is 0.320. The predicted molar refractivity (Wildman–Crippen MR) is 136 cm³/mol. The molecule has 2 aromatic heterocycles. The van der Waals surface area contributed by atoms with Crippen molar-refractivity contribution in [2.24, 2.45) is 0 Å². The molecule has 0 radical (unpaired) electrons. The van der Waals surface area contributed by atoms with Gasteiger partial charge in [-0.05, 0) is 37.1 Å². The van der Waals surface area contributed by atoms with E-state index in [9.17, 15) is 27.6 Å². The average Bonchev–Trinajstić information content (AvgIpc) is 3.53. The molecule has 0 saturated carbocycles. The summed E-state index contributed by atoms with van der Waals surface area (Å²) in [7, 11) is 0. The Morgan fingerprint density at radius 1 is 1.21 bits per heavy atom. The van der Waals surface area contributed by atoms with Gasteiger partial charge >= 0.3 is 12.2 Å². The van der Waals surface area contributed by atoms with Gasteiger partial charge in [0.1, 0.15) is 17.9 Å². The summed E-state index contributed by atoms with van der Waals surface area (Å²) in [5.74, 6) is 0.245. The van der Waals surface area contributed by atoms with Gasteiger partial charge in [-0.2, -0.15) is 13.2 Å². The second-order valence-corrected chi connectivity index (χ2v) is 9.19. The Hall–Kier alpha value is -4.62. The van der Waals surface area contributed by atoms with Crippen molar-refractivity contribution in [3.63, 3.8) is 0 Å². The number of hydrogen-bond acceptors (Lipinski definition) is 6. The van der Waals surface area contributed by atoms with E-state index in [4.69, 9.17) is 10.7 Å². The van der Waals surface area contributed by atoms with Crippen LogP contribution in [0.25, 0.3) is 5.52 Å². The number of likely N-dealkylation sites (tertiary alicyclic amines) is 1. The van der Waals surface area contributed by atoms with Gasteiger partial charge in [-0.3, -0.25) is 18.9 Å². The number of fused-ring (bicyclic) bond motifs is 1. The van der Waals surface area contributed by atoms with Gasteiger partial charge in [0.25, 0.3) is 0 Å². The first-order valence-corrected chi connectivity index (χ1v) is 12.2. The highest BCUT2D eigenvalue weighted by molar-refractivity contribution is 6.02. The topological polar surface area (TPSA) is 129 Å². The molecular formula is C25H25F3N8O3. The number of nitrogens with two attached hydrogens (primary N) is 1. The number of benzene rings is 1. The van der Waals surface area contributed by atoms with Crippen LogP contribution >= 0.6 is 0 Å². The van der Waals surface area contributed by atoms with E-state index < -0.39 is 23.7 Å². The van der Waals surface area contributed by atoms with Gasteiger partial charge in [0.2, 0.25) is 11.8 Å². The number of halogens is 3. The van der Waals surface area contributed by atoms with E-state index in [2.05, 4.69) is 16.9 Å². The molecule has 3 aromatic rings. The van der Waals surface area contributed by atoms with Crippen molar-refractivity contribution in [2.75, 3.05) is 42.1 Å². The van der Waals surface area contributed by atoms with E-state index in [1.807, 2.05) is 0 Å². The molecule has 3 N–H and O–H groups in total. The highest BCUT2D eigenvalue weighted by Gasteiger charge is 2.36. The van der Waals surface area contributed by atoms with Crippen LogP contribution in [-0.4, -0.2) is 68.2 Å². The van der Waals surface area contributed by atoms with Gasteiger partial charge in [-0.1, -0.05) is 12.6 Å². The number of alkyl halides is 3. The molecule has 2 aliphatic rings. The number of nitrogen functional groups attached to an aromatic ring is 1. The van der Waals surface area contributed by atoms with E-state index in [1.165, 1.54) is 34.2 Å². The summed E-state index contributed by atoms with van der Waals surface area (Å²) in [5.41, 5.74) is 5.65. The number of imidazole rings is 1. The fourth-order valence-electron chi connectivity index (χ4n) is 4.95. The molecule has 1 aromatic carbocycles. The van der Waals surface area contributed by atoms with Gasteiger partial charge in [-0.15, -0.1) is 0 Å². The minimum atomic E-state index is -4.56. The van der Waals surface area contributed by atoms with Gasteiger partial charge in [-0.25, -0.2) is 14.8 Å². The average molecular weight is 543 g/mol. The standard InChI is InChI=1S/C25H25F3N8O3/c1-2-18(37)34-9-4-7-17(34)22-32-23(20-21(29)30-8-10-36(20)22)35-12-11-33(14-19(35)38)24(39)31-16-6-3-5-15(13-16)25(26,27)28/h2-3,5-6,8,10,13,17H,1,4,7,9,11-12,14H2,(H2,29,30)(H,31,39). The van der Waals surface area contributed by atoms with E-state index in [0.717, 1.165) is 18.6 Å². The number of nitrogens with one attached hydrogen (secondary N) is 1. The molecule has 0 aliphatic carbocycles. The highest BCUT2D eigenvalue weighted by atomic mass is 19.4. The number of hydrogen-bond donors (Lipinski definition) is 2. The second kappa shape index (κ2) is 9.93. The molecule has 2 saturated heterocycles. The lowest BCUT2D eigenvalue weighted by molar-refractivity contribution is -0.137. The van der Waals surface area contributed by atoms with Crippen LogP contribution in [0.2, 0.25) is 0 Å². The summed E-state index contributed by atoms with van der Waals surface area (Å²) in [6, 6.07) is 3.20. The zero-order valence-corrected chi connectivity index (χ0v) is 20.7. The van der Waals surface area contributed by atoms with E-state index in [1.54, 1.807) is 15.5 Å². The summed E-state index contributed by atoms with van der Waals surface area (Å²) in [6.07, 6.45) is 1.29. The van der Waals surface area contributed by atoms with Crippen molar-refractivity contribution in [2.45, 2.75) is 25.1 Å². The maximum Gasteiger partial charge on any atom is 0.416 e. The first kappa shape index (κ1) is 26.0. The van der Waals surface area contributed by atoms with Crippen molar-refractivity contribution < 1.29 is 27.6 Å². The summed E-state index contributed by atoms with van der Waals surface area (Å²) in [5, 5.41) is 2.42. The van der Waals surface area contributed by atoms with Crippen LogP contribution in [0, 0.1) is 0 Å². The Bertz CT molecular complexity index is 1470. The summed E-state index contributed by atoms with van der Waals surface area (Å²) < 4.78 is 40.8. The normalized spacial score (nSPS) is 18.1. The maximum absolute atomic E-state index is 13.2. The molecule has 2 fully saturated rings. The number of amides is 4. The van der Waals surface area contributed by atoms with Crippen molar-refractivity contribution in [1.29, 1.82) is 0 Å². The molecule has 0 bridgehead atoms. The maximum atomic E-state index is 13.2. The van der Waals surface area contributed by atoms with Crippen LogP contribution in [0.15, 0.2) is 49.3 Å². The third kappa shape index (κ3) is 4.84. The summed E-state index contributed by atoms with van der Waals surface area (Å²) in [6.45, 7) is 3.94. The first-order chi connectivity index (χ1) is 18.6. The molecular weight excluding hydrogens is 517 g/mol. The molecule has 204 valence electrons. The Morgan fingerprint density at radius 2 is 2.00 bits per heavy atom. The molecule has 39 heavy (non-hydrogen) atoms. The van der Waals surface area contributed by atoms with E-state index in [0.29, 0.717) is 24.3 Å². The SMILES string of the molecule is C=CC(=O)N1CCCC1c1nc(N2CCN(C(=O)Nc3cccc(C(F)(F)F)c3)CC2=O)c2c(N)nccn12. The first-order valence-electron chi connectivity index (χ1n) is 12.2. The summed E-state index contributed by atoms with van der Waals surface area (Å²) >= 11 is 0. The number of anilines is 3. The van der Waals surface area contributed by atoms with Crippen molar-refractivity contribution >= 4 is 40.7 Å². The third-order valence-electron chi connectivity index (χ3n) is 6.81. The van der Waals surface area contributed by atoms with Gasteiger partial charge in [0.05, 0.1) is 11.6 Å². The van der Waals surface area contributed by atoms with Crippen LogP contribution in [-0.2, 0) is 15.8 Å². The van der Waals surface area contributed by atoms with Crippen molar-refractivity contribution in [3.05, 3.63) is 60.7 Å². The zero-order valence-electron chi connectivity index (χ0n) is 20.7. The smallest absolute Gasteiger partial charge is 0.382 e. The molecule has 4 heterocycles. The highest BCUT2D eigenvalue weighted by Crippen LogP contribution is 2.36. The molecule has 11 nitrogen and oxygen atoms in total. The third-order valence-corrected chi connectivity index (χ3v) is 6.81. The fourth-order valence-corrected chi connectivity index (χ4v) is 4.95. The molecule has 0 spiro atoms. The largest absolute Gasteiger partial charge is 0.416 e. The number of piperazine rings is 1. The van der Waals surface area contributed by atoms with Crippen molar-refractivity contribution in [3.8, 4) is 0 Å². The van der Waals surface area contributed by atoms with Crippen LogP contribution < -0.4 is 16.0 Å². The number of nitrogens with zero attached hydrogens (tertiary/aromatic N) is 6. The molecule has 14 heteroatoms. The predicted octanol–water partition coefficient (Wildman–Crippen LogP) is 3.06. The van der Waals surface area contributed by atoms with Crippen LogP contribution in [0.5, 0.6) is 0 Å². The lowest BCUT2D eigenvalue weighted by Crippen LogP contribution is -2.53. The molecule has 4 amide bonds. The number of aromatic nitrogens is 3. The lowest BCUT2D eigenvalue weighted by atomic mass is 10.2. The number of rotatable bonds is 4. The Morgan fingerprint density at radius 3 is 2.72 bits per heavy atom. The van der Waals surface area contributed by atoms with Gasteiger partial charge in [0, 0.05) is 37.7 Å². The van der Waals surface area contributed by atoms with Crippen molar-refractivity contribution in [1.82, 2.24) is 24.2 Å². The quantitative estimate of drug-likeness (QED) is 0.488. The van der Waals surface area contributed by atoms with E-state index in [-0.39, 0.29) is 48.9 Å². The Kier molecular flexibility index (Phi) is 6.62. The minimum absolute atomic E-state index is 0.0384. The molecule has 5 rings (SSSR count). The number of carbonyl (C=O) groups is 3. The summed E-state index contributed by atoms with van der Waals surface area (Å²) in [4.78, 5) is 51.6. The molecule has 1 atom stereocenters. The van der Waals surface area contributed by atoms with Gasteiger partial charge < -0.3 is 20.9 Å². The number of carbonyl (C=O) groups excluding carboxylic acids is 3. The Labute approximate surface area is 220 Å². The molecule has 1 unspecified atom stereocenters. The molecule has 2 aliphatic heterocycles. The monoisotopic (exact) mass is 542 g/mol. The van der Waals surface area contributed by atoms with E-state index >= 15 is 0 Å². The van der Waals surface area contributed by atoms with Crippen LogP contribution in [0.1, 0.15) is 30.3 Å².